The van der Waals surface area contributed by atoms with Gasteiger partial charge in [-0.1, -0.05) is 13.8 Å². The smallest absolute Gasteiger partial charge is 0.220 e. The third-order valence-electron chi connectivity index (χ3n) is 6.22. The normalized spacial score (nSPS) is 21.0. The minimum Gasteiger partial charge on any atom is -0.379 e. The molecular formula is C22H44N6O2. The molecule has 4 N–H and O–H groups in total. The molecule has 0 bridgehead atoms. The summed E-state index contributed by atoms with van der Waals surface area (Å²) >= 11 is 0. The monoisotopic (exact) mass is 424 g/mol. The summed E-state index contributed by atoms with van der Waals surface area (Å²) in [6.07, 6.45) is 5.25. The Kier molecular flexibility index (Phi) is 11.5. The van der Waals surface area contributed by atoms with Crippen molar-refractivity contribution in [3.05, 3.63) is 0 Å². The Morgan fingerprint density at radius 3 is 2.43 bits per heavy atom. The summed E-state index contributed by atoms with van der Waals surface area (Å²) in [4.78, 5) is 20.7. The van der Waals surface area contributed by atoms with Gasteiger partial charge in [-0.15, -0.1) is 0 Å². The maximum absolute atomic E-state index is 11.3. The van der Waals surface area contributed by atoms with E-state index in [4.69, 9.17) is 10.5 Å². The fourth-order valence-electron chi connectivity index (χ4n) is 4.39. The summed E-state index contributed by atoms with van der Waals surface area (Å²) in [7, 11) is 1.84. The highest BCUT2D eigenvalue weighted by molar-refractivity contribution is 5.79. The van der Waals surface area contributed by atoms with E-state index in [1.165, 1.54) is 6.42 Å². The lowest BCUT2D eigenvalue weighted by molar-refractivity contribution is -0.123. The molecule has 2 heterocycles. The lowest BCUT2D eigenvalue weighted by Gasteiger charge is -2.35. The fourth-order valence-corrected chi connectivity index (χ4v) is 4.39. The molecule has 30 heavy (non-hydrogen) atoms. The Morgan fingerprint density at radius 1 is 1.13 bits per heavy atom. The molecule has 2 fully saturated rings. The van der Waals surface area contributed by atoms with Crippen LogP contribution >= 0.6 is 0 Å². The number of rotatable bonds is 11. The second-order valence-corrected chi connectivity index (χ2v) is 9.04. The van der Waals surface area contributed by atoms with Gasteiger partial charge in [0.25, 0.3) is 0 Å². The van der Waals surface area contributed by atoms with Gasteiger partial charge in [-0.25, -0.2) is 0 Å². The van der Waals surface area contributed by atoms with Crippen LogP contribution in [0.4, 0.5) is 0 Å². The van der Waals surface area contributed by atoms with E-state index in [0.717, 1.165) is 90.7 Å². The van der Waals surface area contributed by atoms with E-state index >= 15 is 0 Å². The van der Waals surface area contributed by atoms with Crippen LogP contribution in [0.15, 0.2) is 4.99 Å². The number of piperidine rings is 1. The van der Waals surface area contributed by atoms with Crippen LogP contribution in [0.1, 0.15) is 46.0 Å². The van der Waals surface area contributed by atoms with Crippen LogP contribution in [0.2, 0.25) is 0 Å². The minimum absolute atomic E-state index is 0.0781. The highest BCUT2D eigenvalue weighted by Gasteiger charge is 2.23. The summed E-state index contributed by atoms with van der Waals surface area (Å²) in [6.45, 7) is 13.2. The molecule has 0 aromatic heterocycles. The Bertz CT molecular complexity index is 514. The van der Waals surface area contributed by atoms with Crippen molar-refractivity contribution in [2.45, 2.75) is 52.0 Å². The maximum Gasteiger partial charge on any atom is 0.220 e. The molecule has 2 aliphatic rings. The molecule has 0 aromatic rings. The topological polar surface area (TPSA) is 95.2 Å². The van der Waals surface area contributed by atoms with E-state index < -0.39 is 0 Å². The summed E-state index contributed by atoms with van der Waals surface area (Å²) in [5.74, 6) is 1.50. The van der Waals surface area contributed by atoms with Gasteiger partial charge >= 0.3 is 0 Å². The van der Waals surface area contributed by atoms with E-state index in [1.807, 2.05) is 7.05 Å². The van der Waals surface area contributed by atoms with E-state index in [-0.39, 0.29) is 11.8 Å². The summed E-state index contributed by atoms with van der Waals surface area (Å²) in [5.41, 5.74) is 5.41. The first-order chi connectivity index (χ1) is 14.5. The number of carbonyl (C=O) groups is 1. The third-order valence-corrected chi connectivity index (χ3v) is 6.22. The summed E-state index contributed by atoms with van der Waals surface area (Å²) < 4.78 is 5.52. The van der Waals surface area contributed by atoms with Crippen molar-refractivity contribution in [2.75, 3.05) is 66.1 Å². The molecule has 2 saturated heterocycles. The molecule has 0 spiro atoms. The van der Waals surface area contributed by atoms with Crippen molar-refractivity contribution in [1.82, 2.24) is 20.4 Å². The quantitative estimate of drug-likeness (QED) is 0.259. The summed E-state index contributed by atoms with van der Waals surface area (Å²) in [5, 5.41) is 6.99. The van der Waals surface area contributed by atoms with E-state index in [0.29, 0.717) is 12.0 Å². The molecule has 1 unspecified atom stereocenters. The van der Waals surface area contributed by atoms with Crippen LogP contribution in [0.5, 0.6) is 0 Å². The van der Waals surface area contributed by atoms with Gasteiger partial charge in [-0.05, 0) is 57.7 Å². The van der Waals surface area contributed by atoms with Gasteiger partial charge in [0.2, 0.25) is 5.91 Å². The number of carbonyl (C=O) groups excluding carboxylic acids is 1. The number of nitrogens with zero attached hydrogens (tertiary/aromatic N) is 3. The number of hydrogen-bond donors (Lipinski definition) is 3. The van der Waals surface area contributed by atoms with E-state index in [9.17, 15) is 4.79 Å². The molecule has 8 heteroatoms. The van der Waals surface area contributed by atoms with Crippen LogP contribution < -0.4 is 16.4 Å². The van der Waals surface area contributed by atoms with Gasteiger partial charge in [0.05, 0.1) is 13.2 Å². The van der Waals surface area contributed by atoms with Crippen LogP contribution in [0, 0.1) is 11.8 Å². The molecule has 0 radical (unpaired) electrons. The first-order valence-corrected chi connectivity index (χ1v) is 11.8. The highest BCUT2D eigenvalue weighted by Crippen LogP contribution is 2.17. The SMILES string of the molecule is CN=C(NCCCCN1CCC(C(N)=O)CC1)NCC(CC(C)C)N1CCOCC1. The average Bonchev–Trinajstić information content (AvgIpc) is 2.75. The standard InChI is InChI=1S/C22H44N6O2/c1-18(2)16-20(28-12-14-30-15-13-28)17-26-22(24-3)25-8-4-5-9-27-10-6-19(7-11-27)21(23)29/h18-20H,4-17H2,1-3H3,(H2,23,29)(H2,24,25,26). The van der Waals surface area contributed by atoms with Crippen molar-refractivity contribution in [2.24, 2.45) is 22.6 Å². The van der Waals surface area contributed by atoms with Gasteiger partial charge in [0.1, 0.15) is 0 Å². The lowest BCUT2D eigenvalue weighted by Crippen LogP contribution is -2.51. The van der Waals surface area contributed by atoms with Crippen LogP contribution in [0.25, 0.3) is 0 Å². The van der Waals surface area contributed by atoms with E-state index in [1.54, 1.807) is 0 Å². The number of likely N-dealkylation sites (tertiary alicyclic amines) is 1. The Balaban J connectivity index is 1.61. The number of nitrogens with one attached hydrogen (secondary N) is 2. The predicted molar refractivity (Wildman–Crippen MR) is 123 cm³/mol. The zero-order valence-electron chi connectivity index (χ0n) is 19.4. The molecule has 0 aromatic carbocycles. The van der Waals surface area contributed by atoms with Gasteiger partial charge in [0.15, 0.2) is 5.96 Å². The lowest BCUT2D eigenvalue weighted by atomic mass is 9.96. The number of morpholine rings is 1. The number of unbranched alkanes of at least 4 members (excludes halogenated alkanes) is 1. The molecule has 8 nitrogen and oxygen atoms in total. The summed E-state index contributed by atoms with van der Waals surface area (Å²) in [6, 6.07) is 0.510. The number of nitrogens with two attached hydrogens (primary N) is 1. The number of amides is 1. The first kappa shape index (κ1) is 24.9. The number of aliphatic imine (C=N–C) groups is 1. The molecule has 1 amide bonds. The Morgan fingerprint density at radius 2 is 1.83 bits per heavy atom. The van der Waals surface area contributed by atoms with Gasteiger partial charge in [-0.2, -0.15) is 0 Å². The van der Waals surface area contributed by atoms with Gasteiger partial charge in [-0.3, -0.25) is 14.7 Å². The van der Waals surface area contributed by atoms with Crippen LogP contribution in [0.3, 0.4) is 0 Å². The highest BCUT2D eigenvalue weighted by atomic mass is 16.5. The van der Waals surface area contributed by atoms with Crippen molar-refractivity contribution in [3.8, 4) is 0 Å². The number of primary amides is 1. The molecule has 2 rings (SSSR count). The van der Waals surface area contributed by atoms with Crippen molar-refractivity contribution in [3.63, 3.8) is 0 Å². The van der Waals surface area contributed by atoms with Crippen LogP contribution in [-0.4, -0.2) is 93.8 Å². The number of guanidine groups is 1. The van der Waals surface area contributed by atoms with Crippen molar-refractivity contribution >= 4 is 11.9 Å². The molecular weight excluding hydrogens is 380 g/mol. The minimum atomic E-state index is -0.137. The molecule has 2 aliphatic heterocycles. The van der Waals surface area contributed by atoms with Crippen LogP contribution in [-0.2, 0) is 9.53 Å². The number of hydrogen-bond acceptors (Lipinski definition) is 5. The third kappa shape index (κ3) is 9.18. The largest absolute Gasteiger partial charge is 0.379 e. The first-order valence-electron chi connectivity index (χ1n) is 11.8. The molecule has 174 valence electrons. The maximum atomic E-state index is 11.3. The second-order valence-electron chi connectivity index (χ2n) is 9.04. The van der Waals surface area contributed by atoms with Crippen molar-refractivity contribution in [1.29, 1.82) is 0 Å². The zero-order valence-corrected chi connectivity index (χ0v) is 19.4. The van der Waals surface area contributed by atoms with Gasteiger partial charge < -0.3 is 26.0 Å². The fraction of sp³-hybridized carbons (Fsp3) is 0.909. The van der Waals surface area contributed by atoms with E-state index in [2.05, 4.69) is 39.3 Å². The Hall–Kier alpha value is -1.38. The molecule has 0 saturated carbocycles. The molecule has 0 aliphatic carbocycles. The average molecular weight is 425 g/mol. The number of ether oxygens (including phenoxy) is 1. The molecule has 1 atom stereocenters. The second kappa shape index (κ2) is 13.8. The zero-order chi connectivity index (χ0) is 21.8. The van der Waals surface area contributed by atoms with Gasteiger partial charge in [0, 0.05) is 45.2 Å². The van der Waals surface area contributed by atoms with Crippen molar-refractivity contribution < 1.29 is 9.53 Å². The predicted octanol–water partition coefficient (Wildman–Crippen LogP) is 0.876. The Labute approximate surface area is 183 Å².